The molecule has 4 rings (SSSR count). The summed E-state index contributed by atoms with van der Waals surface area (Å²) in [6, 6.07) is 0. The minimum atomic E-state index is -1.65. The highest BCUT2D eigenvalue weighted by atomic mass is 35.5. The summed E-state index contributed by atoms with van der Waals surface area (Å²) in [6.45, 7) is 6.26. The molecule has 9 atom stereocenters. The first-order valence-electron chi connectivity index (χ1n) is 12.1. The highest BCUT2D eigenvalue weighted by Gasteiger charge is 2.70. The van der Waals surface area contributed by atoms with Gasteiger partial charge in [0.05, 0.1) is 5.38 Å². The Morgan fingerprint density at radius 2 is 1.76 bits per heavy atom. The van der Waals surface area contributed by atoms with E-state index in [2.05, 4.69) is 6.92 Å². The van der Waals surface area contributed by atoms with Crippen molar-refractivity contribution < 1.29 is 33.8 Å². The number of aliphatic hydroxyl groups is 1. The molecule has 7 nitrogen and oxygen atoms in total. The highest BCUT2D eigenvalue weighted by molar-refractivity contribution is 6.31. The van der Waals surface area contributed by atoms with E-state index in [1.165, 1.54) is 13.8 Å². The summed E-state index contributed by atoms with van der Waals surface area (Å²) in [6.07, 6.45) is 3.58. The summed E-state index contributed by atoms with van der Waals surface area (Å²) in [4.78, 5) is 48.9. The fourth-order valence-electron chi connectivity index (χ4n) is 8.26. The lowest BCUT2D eigenvalue weighted by molar-refractivity contribution is -0.210. The van der Waals surface area contributed by atoms with Crippen LogP contribution in [0, 0.1) is 34.5 Å². The Hall–Kier alpha value is -1.47. The number of ketones is 2. The molecule has 0 saturated heterocycles. The topological polar surface area (TPSA) is 107 Å². The Morgan fingerprint density at radius 1 is 1.06 bits per heavy atom. The largest absolute Gasteiger partial charge is 0.462 e. The molecule has 8 heteroatoms. The minimum Gasteiger partial charge on any atom is -0.462 e. The summed E-state index contributed by atoms with van der Waals surface area (Å²) in [5.74, 6) is -1.13. The van der Waals surface area contributed by atoms with Gasteiger partial charge >= 0.3 is 11.9 Å². The molecule has 33 heavy (non-hydrogen) atoms. The summed E-state index contributed by atoms with van der Waals surface area (Å²) >= 11 is 6.62. The number of Topliss-reactive ketones (excluding diaryl/α,β-unsaturated/α-hetero) is 2. The second-order valence-corrected chi connectivity index (χ2v) is 11.7. The Kier molecular flexibility index (Phi) is 6.22. The van der Waals surface area contributed by atoms with Gasteiger partial charge in [-0.15, -0.1) is 11.6 Å². The van der Waals surface area contributed by atoms with Gasteiger partial charge in [0.25, 0.3) is 0 Å². The molecule has 0 aromatic rings. The number of hydrogen-bond donors (Lipinski definition) is 1. The van der Waals surface area contributed by atoms with Gasteiger partial charge in [0.15, 0.2) is 12.4 Å². The van der Waals surface area contributed by atoms with Crippen LogP contribution in [0.15, 0.2) is 0 Å². The number of alkyl halides is 1. The molecule has 2 unspecified atom stereocenters. The van der Waals surface area contributed by atoms with Crippen LogP contribution in [0.4, 0.5) is 0 Å². The molecule has 0 amide bonds. The van der Waals surface area contributed by atoms with Gasteiger partial charge in [0, 0.05) is 31.6 Å². The van der Waals surface area contributed by atoms with Gasteiger partial charge in [-0.3, -0.25) is 19.2 Å². The van der Waals surface area contributed by atoms with E-state index in [-0.39, 0.29) is 34.9 Å². The molecule has 0 aliphatic heterocycles. The number of fused-ring (bicyclic) bond motifs is 5. The van der Waals surface area contributed by atoms with E-state index in [0.717, 1.165) is 12.8 Å². The molecular formula is C25H35ClO7. The maximum absolute atomic E-state index is 13.1. The second-order valence-electron chi connectivity index (χ2n) is 11.2. The van der Waals surface area contributed by atoms with Crippen LogP contribution in [0.25, 0.3) is 0 Å². The van der Waals surface area contributed by atoms with Crippen LogP contribution >= 0.6 is 11.6 Å². The Balaban J connectivity index is 1.71. The number of rotatable bonds is 4. The van der Waals surface area contributed by atoms with E-state index in [9.17, 15) is 24.3 Å². The molecule has 184 valence electrons. The van der Waals surface area contributed by atoms with Crippen molar-refractivity contribution >= 4 is 35.1 Å². The van der Waals surface area contributed by atoms with E-state index in [4.69, 9.17) is 21.1 Å². The van der Waals surface area contributed by atoms with Gasteiger partial charge in [0.2, 0.25) is 5.78 Å². The van der Waals surface area contributed by atoms with Gasteiger partial charge in [-0.1, -0.05) is 13.8 Å². The molecule has 1 N–H and O–H groups in total. The molecule has 4 aliphatic rings. The Labute approximate surface area is 199 Å². The first-order chi connectivity index (χ1) is 15.3. The number of carbonyl (C=O) groups is 4. The van der Waals surface area contributed by atoms with Crippen LogP contribution in [-0.2, 0) is 28.7 Å². The van der Waals surface area contributed by atoms with Gasteiger partial charge in [-0.05, 0) is 61.7 Å². The van der Waals surface area contributed by atoms with Crippen LogP contribution in [0.1, 0.15) is 72.6 Å². The normalized spacial score (nSPS) is 46.5. The molecule has 4 saturated carbocycles. The summed E-state index contributed by atoms with van der Waals surface area (Å²) in [5.41, 5.74) is -2.71. The summed E-state index contributed by atoms with van der Waals surface area (Å²) in [7, 11) is 0. The predicted molar refractivity (Wildman–Crippen MR) is 119 cm³/mol. The van der Waals surface area contributed by atoms with Gasteiger partial charge in [-0.25, -0.2) is 0 Å². The van der Waals surface area contributed by atoms with E-state index in [1.807, 2.05) is 6.92 Å². The lowest BCUT2D eigenvalue weighted by Crippen LogP contribution is -2.64. The molecule has 0 aromatic heterocycles. The number of carbonyl (C=O) groups excluding carboxylic acids is 4. The highest BCUT2D eigenvalue weighted by Crippen LogP contribution is 2.69. The minimum absolute atomic E-state index is 0.0125. The average molecular weight is 483 g/mol. The maximum Gasteiger partial charge on any atom is 0.303 e. The number of halogens is 1. The van der Waals surface area contributed by atoms with Crippen molar-refractivity contribution in [3.05, 3.63) is 0 Å². The van der Waals surface area contributed by atoms with Gasteiger partial charge < -0.3 is 14.6 Å². The van der Waals surface area contributed by atoms with E-state index >= 15 is 0 Å². The molecule has 4 fully saturated rings. The SMILES string of the molecule is CC(=O)OCC(=O)[C@@]1(O)CC[C@H]2[C@@H]3CCC4C(Cl)C(=O)CC[C@]4(C)[C@H]3[C@H](OC(C)=O)C[C@@]21C. The zero-order valence-electron chi connectivity index (χ0n) is 19.9. The molecule has 0 aromatic carbocycles. The fraction of sp³-hybridized carbons (Fsp3) is 0.840. The van der Waals surface area contributed by atoms with Crippen LogP contribution in [0.2, 0.25) is 0 Å². The Morgan fingerprint density at radius 3 is 2.39 bits per heavy atom. The van der Waals surface area contributed by atoms with Crippen molar-refractivity contribution in [1.29, 1.82) is 0 Å². The van der Waals surface area contributed by atoms with Crippen molar-refractivity contribution in [3.63, 3.8) is 0 Å². The zero-order valence-corrected chi connectivity index (χ0v) is 20.7. The number of ether oxygens (including phenoxy) is 2. The van der Waals surface area contributed by atoms with E-state index in [1.54, 1.807) is 0 Å². The van der Waals surface area contributed by atoms with Crippen LogP contribution in [0.3, 0.4) is 0 Å². The third-order valence-electron chi connectivity index (χ3n) is 9.76. The molecule has 4 aliphatic carbocycles. The van der Waals surface area contributed by atoms with Crippen LogP contribution in [-0.4, -0.2) is 52.3 Å². The van der Waals surface area contributed by atoms with Crippen molar-refractivity contribution in [2.75, 3.05) is 6.61 Å². The lowest BCUT2D eigenvalue weighted by Gasteiger charge is -2.63. The van der Waals surface area contributed by atoms with Crippen molar-refractivity contribution in [2.45, 2.75) is 89.7 Å². The van der Waals surface area contributed by atoms with Crippen molar-refractivity contribution in [1.82, 2.24) is 0 Å². The molecule has 0 spiro atoms. The van der Waals surface area contributed by atoms with Crippen LogP contribution in [0.5, 0.6) is 0 Å². The van der Waals surface area contributed by atoms with Crippen LogP contribution < -0.4 is 0 Å². The maximum atomic E-state index is 13.1. The number of hydrogen-bond acceptors (Lipinski definition) is 7. The quantitative estimate of drug-likeness (QED) is 0.484. The summed E-state index contributed by atoms with van der Waals surface area (Å²) < 4.78 is 10.8. The predicted octanol–water partition coefficient (Wildman–Crippen LogP) is 3.22. The van der Waals surface area contributed by atoms with Gasteiger partial charge in [0.1, 0.15) is 11.7 Å². The lowest BCUT2D eigenvalue weighted by atomic mass is 9.43. The fourth-order valence-corrected chi connectivity index (χ4v) is 8.78. The molecule has 0 heterocycles. The first-order valence-corrected chi connectivity index (χ1v) is 12.5. The number of esters is 2. The molecule has 0 bridgehead atoms. The van der Waals surface area contributed by atoms with E-state index < -0.39 is 46.8 Å². The standard InChI is InChI=1S/C25H35ClO7/c1-13(27)32-12-20(30)25(31)10-7-16-15-5-6-17-22(26)18(29)8-9-23(17,3)21(15)19(33-14(2)28)11-24(16,25)4/h15-17,19,21-22,31H,5-12H2,1-4H3/t15-,16-,17?,19+,21+,22?,23-,24-,25-/m0/s1. The van der Waals surface area contributed by atoms with E-state index in [0.29, 0.717) is 32.1 Å². The third-order valence-corrected chi connectivity index (χ3v) is 10.3. The van der Waals surface area contributed by atoms with Crippen molar-refractivity contribution in [3.8, 4) is 0 Å². The average Bonchev–Trinajstić information content (AvgIpc) is 3.00. The molecular weight excluding hydrogens is 448 g/mol. The third kappa shape index (κ3) is 3.65. The van der Waals surface area contributed by atoms with Gasteiger partial charge in [-0.2, -0.15) is 0 Å². The van der Waals surface area contributed by atoms with Crippen molar-refractivity contribution in [2.24, 2.45) is 34.5 Å². The first kappa shape index (κ1) is 24.6. The Bertz CT molecular complexity index is 873. The second kappa shape index (κ2) is 8.33. The zero-order chi connectivity index (χ0) is 24.3. The monoisotopic (exact) mass is 482 g/mol. The smallest absolute Gasteiger partial charge is 0.303 e. The molecule has 0 radical (unpaired) electrons. The summed E-state index contributed by atoms with van der Waals surface area (Å²) in [5, 5.41) is 11.2.